The maximum atomic E-state index is 15.1. The Hall–Kier alpha value is -5.92. The number of carbonyl (C=O) groups is 2. The lowest BCUT2D eigenvalue weighted by atomic mass is 9.72. The molecule has 14 heteroatoms. The van der Waals surface area contributed by atoms with Gasteiger partial charge >= 0.3 is 0 Å². The largest absolute Gasteiger partial charge is 0.506 e. The summed E-state index contributed by atoms with van der Waals surface area (Å²) in [5.74, 6) is 2.65. The number of benzene rings is 4. The number of phenolic OH excluding ortho intramolecular Hbond substituents is 1. The highest BCUT2D eigenvalue weighted by atomic mass is 16.7. The number of rotatable bonds is 5. The molecule has 8 atom stereocenters. The van der Waals surface area contributed by atoms with Crippen molar-refractivity contribution in [1.29, 1.82) is 0 Å². The van der Waals surface area contributed by atoms with Crippen LogP contribution in [0.15, 0.2) is 54.7 Å². The number of Topliss-reactive ketones (excluding diaryl/α,β-unsaturated/α-hetero) is 1. The van der Waals surface area contributed by atoms with Crippen molar-refractivity contribution >= 4 is 39.4 Å². The van der Waals surface area contributed by atoms with E-state index in [9.17, 15) is 25.2 Å². The number of nitrogens with one attached hydrogen (secondary N) is 2. The molecular weight excluding hydrogens is 831 g/mol. The van der Waals surface area contributed by atoms with Crippen molar-refractivity contribution in [2.24, 2.45) is 5.92 Å². The number of amides is 1. The lowest BCUT2D eigenvalue weighted by Gasteiger charge is -2.47. The Morgan fingerprint density at radius 1 is 1.08 bits per heavy atom. The van der Waals surface area contributed by atoms with Crippen LogP contribution < -0.4 is 14.8 Å². The quantitative estimate of drug-likeness (QED) is 0.125. The fourth-order valence-corrected chi connectivity index (χ4v) is 11.5. The number of aromatic nitrogens is 1. The third-order valence-corrected chi connectivity index (χ3v) is 14.7. The van der Waals surface area contributed by atoms with Crippen molar-refractivity contribution < 1.29 is 53.7 Å². The molecule has 336 valence electrons. The number of ether oxygens (including phenoxy) is 5. The van der Waals surface area contributed by atoms with Gasteiger partial charge in [0.05, 0.1) is 43.4 Å². The molecule has 6 N–H and O–H groups in total. The summed E-state index contributed by atoms with van der Waals surface area (Å²) in [6.45, 7) is -0.682. The van der Waals surface area contributed by atoms with Crippen LogP contribution in [0.25, 0.3) is 27.8 Å². The van der Waals surface area contributed by atoms with Crippen LogP contribution in [-0.2, 0) is 40.1 Å². The first kappa shape index (κ1) is 41.8. The number of aliphatic hydroxyl groups is 3. The number of H-pyrrole nitrogens is 1. The van der Waals surface area contributed by atoms with Gasteiger partial charge in [0.2, 0.25) is 6.29 Å². The van der Waals surface area contributed by atoms with E-state index >= 15 is 4.79 Å². The number of aryl methyl sites for hydroxylation is 1. The van der Waals surface area contributed by atoms with Crippen molar-refractivity contribution in [3.63, 3.8) is 0 Å². The molecule has 2 fully saturated rings. The van der Waals surface area contributed by atoms with Gasteiger partial charge in [-0.05, 0) is 108 Å². The highest BCUT2D eigenvalue weighted by Gasteiger charge is 2.59. The average molecular weight is 882 g/mol. The van der Waals surface area contributed by atoms with Crippen LogP contribution in [-0.4, -0.2) is 106 Å². The fraction of sp³-hybridized carbons (Fsp3) is 0.412. The second-order valence-electron chi connectivity index (χ2n) is 18.2. The van der Waals surface area contributed by atoms with Gasteiger partial charge in [-0.2, -0.15) is 0 Å². The molecule has 1 aromatic heterocycles. The molecule has 2 aliphatic carbocycles. The molecule has 4 aliphatic heterocycles. The summed E-state index contributed by atoms with van der Waals surface area (Å²) < 4.78 is 32.2. The van der Waals surface area contributed by atoms with E-state index in [0.29, 0.717) is 41.1 Å². The summed E-state index contributed by atoms with van der Waals surface area (Å²) in [4.78, 5) is 34.0. The van der Waals surface area contributed by atoms with Crippen LogP contribution in [0.1, 0.15) is 97.4 Å². The van der Waals surface area contributed by atoms with Gasteiger partial charge < -0.3 is 59.3 Å². The zero-order valence-corrected chi connectivity index (χ0v) is 36.2. The van der Waals surface area contributed by atoms with E-state index in [-0.39, 0.29) is 60.4 Å². The predicted octanol–water partition coefficient (Wildman–Crippen LogP) is 5.30. The molecule has 11 rings (SSSR count). The maximum absolute atomic E-state index is 15.1. The molecule has 0 radical (unpaired) electrons. The Balaban J connectivity index is 1.18. The number of ketones is 1. The number of hydrogen-bond acceptors (Lipinski definition) is 12. The minimum atomic E-state index is -2.44. The second-order valence-corrected chi connectivity index (χ2v) is 18.2. The molecule has 14 nitrogen and oxygen atoms in total. The van der Waals surface area contributed by atoms with Crippen LogP contribution in [0.3, 0.4) is 0 Å². The van der Waals surface area contributed by atoms with Crippen molar-refractivity contribution in [2.45, 2.75) is 93.8 Å². The fourth-order valence-electron chi connectivity index (χ4n) is 11.5. The van der Waals surface area contributed by atoms with Crippen molar-refractivity contribution in [1.82, 2.24) is 15.2 Å². The number of aromatic amines is 1. The summed E-state index contributed by atoms with van der Waals surface area (Å²) in [5.41, 5.74) is 4.36. The number of aromatic hydroxyl groups is 1. The first-order chi connectivity index (χ1) is 31.6. The van der Waals surface area contributed by atoms with Gasteiger partial charge in [-0.25, -0.2) is 0 Å². The molecule has 1 amide bonds. The number of phenols is 1. The van der Waals surface area contributed by atoms with Crippen LogP contribution in [0.5, 0.6) is 17.2 Å². The van der Waals surface area contributed by atoms with Crippen LogP contribution in [0, 0.1) is 17.9 Å². The molecule has 4 aromatic carbocycles. The molecule has 6 aliphatic rings. The van der Waals surface area contributed by atoms with E-state index in [1.54, 1.807) is 18.2 Å². The summed E-state index contributed by atoms with van der Waals surface area (Å²) in [5, 5.41) is 53.6. The van der Waals surface area contributed by atoms with Gasteiger partial charge in [-0.3, -0.25) is 9.59 Å². The minimum Gasteiger partial charge on any atom is -0.506 e. The number of hydrogen-bond donors (Lipinski definition) is 6. The molecule has 0 spiro atoms. The van der Waals surface area contributed by atoms with Gasteiger partial charge in [0.25, 0.3) is 5.91 Å². The number of fused-ring (bicyclic) bond motifs is 10. The lowest BCUT2D eigenvalue weighted by Crippen LogP contribution is -2.70. The third-order valence-electron chi connectivity index (χ3n) is 14.7. The molecular formula is C51H51N3O11. The highest BCUT2D eigenvalue weighted by molar-refractivity contribution is 6.13. The van der Waals surface area contributed by atoms with Crippen LogP contribution in [0.2, 0.25) is 0 Å². The van der Waals surface area contributed by atoms with Crippen molar-refractivity contribution in [3.05, 3.63) is 105 Å². The van der Waals surface area contributed by atoms with E-state index in [4.69, 9.17) is 23.7 Å². The normalized spacial score (nSPS) is 28.1. The summed E-state index contributed by atoms with van der Waals surface area (Å²) in [6.07, 6.45) is 5.67. The monoisotopic (exact) mass is 881 g/mol. The first-order valence-electron chi connectivity index (χ1n) is 22.5. The smallest absolute Gasteiger partial charge is 0.254 e. The topological polar surface area (TPSA) is 192 Å². The molecule has 65 heavy (non-hydrogen) atoms. The molecule has 8 bridgehead atoms. The Kier molecular flexibility index (Phi) is 10.4. The van der Waals surface area contributed by atoms with E-state index in [1.807, 2.05) is 43.6 Å². The van der Waals surface area contributed by atoms with E-state index < -0.39 is 48.7 Å². The highest BCUT2D eigenvalue weighted by Crippen LogP contribution is 2.55. The summed E-state index contributed by atoms with van der Waals surface area (Å²) in [7, 11) is 3.41. The number of methoxy groups -OCH3 is 1. The first-order valence-corrected chi connectivity index (χ1v) is 22.5. The van der Waals surface area contributed by atoms with E-state index in [1.165, 1.54) is 12.0 Å². The zero-order valence-electron chi connectivity index (χ0n) is 36.2. The van der Waals surface area contributed by atoms with Crippen LogP contribution >= 0.6 is 0 Å². The van der Waals surface area contributed by atoms with E-state index in [2.05, 4.69) is 28.4 Å². The van der Waals surface area contributed by atoms with Crippen molar-refractivity contribution in [2.75, 3.05) is 33.9 Å². The second kappa shape index (κ2) is 16.2. The molecule has 1 saturated heterocycles. The molecule has 1 saturated carbocycles. The number of nitrogens with zero attached hydrogens (tertiary/aromatic N) is 1. The number of carbonyl (C=O) groups excluding carboxylic acids is 2. The zero-order chi connectivity index (χ0) is 44.7. The number of aliphatic hydroxyl groups excluding tert-OH is 2. The van der Waals surface area contributed by atoms with Crippen molar-refractivity contribution in [3.8, 4) is 29.3 Å². The van der Waals surface area contributed by atoms with E-state index in [0.717, 1.165) is 70.0 Å². The molecule has 8 unspecified atom stereocenters. The van der Waals surface area contributed by atoms with Gasteiger partial charge in [-0.1, -0.05) is 36.6 Å². The van der Waals surface area contributed by atoms with Gasteiger partial charge in [0.1, 0.15) is 41.7 Å². The van der Waals surface area contributed by atoms with Crippen LogP contribution in [0.4, 0.5) is 0 Å². The van der Waals surface area contributed by atoms with Gasteiger partial charge in [-0.15, -0.1) is 0 Å². The Bertz CT molecular complexity index is 2880. The Morgan fingerprint density at radius 3 is 2.78 bits per heavy atom. The molecule has 5 aromatic rings. The molecule has 5 heterocycles. The predicted molar refractivity (Wildman–Crippen MR) is 239 cm³/mol. The summed E-state index contributed by atoms with van der Waals surface area (Å²) >= 11 is 0. The maximum Gasteiger partial charge on any atom is 0.254 e. The lowest BCUT2D eigenvalue weighted by molar-refractivity contribution is -0.328. The Morgan fingerprint density at radius 2 is 1.95 bits per heavy atom. The summed E-state index contributed by atoms with van der Waals surface area (Å²) in [6, 6.07) is 13.3. The van der Waals surface area contributed by atoms with Gasteiger partial charge in [0, 0.05) is 47.7 Å². The minimum absolute atomic E-state index is 0.00152. The third kappa shape index (κ3) is 6.62. The standard InChI is InChI=1S/C51H51N3O11/c1-52-20-26-11-15-37-33(18-26)35(21-53-37)39-16-14-32-40(61-2)19-34-30-13-12-28-7-3-9-29(28)42(30)44-38(56)23-54-22-36-27(6-4-10-31(36)49(54)59)8-5-17-62-48-45(57)41(24-63-39)64-50(51(48,60)25-55)65-47(32)43(34)46(44)58/h4,6,10-11,14-16,18-19,21,28-29,39,41,45,48,50,52-53,55,57-58,60H,3,7-9,12-13,20,22-25H2,1-2H3. The van der Waals surface area contributed by atoms with Gasteiger partial charge in [0.15, 0.2) is 17.5 Å². The SMILES string of the molecule is CNCc1ccc2[nH]cc(C3C=Cc4c(OC)cc5c6c(c7c(O)c5c4OC4OC(CO3)C(O)C(OC#CCc3cccc5c3CN(CC7=O)C5=O)C4(O)CO)C3CCCC3CC6)c2c1. The Labute approximate surface area is 375 Å². The average Bonchev–Trinajstić information content (AvgIpc) is 4.04.